The highest BCUT2D eigenvalue weighted by molar-refractivity contribution is 5.87. The van der Waals surface area contributed by atoms with Crippen LogP contribution in [0, 0.1) is 18.3 Å². The number of aromatic amines is 1. The van der Waals surface area contributed by atoms with Crippen molar-refractivity contribution in [3.63, 3.8) is 0 Å². The summed E-state index contributed by atoms with van der Waals surface area (Å²) in [5.74, 6) is 0.718. The Labute approximate surface area is 160 Å². The first-order valence-electron chi connectivity index (χ1n) is 9.87. The van der Waals surface area contributed by atoms with Gasteiger partial charge in [0.05, 0.1) is 18.7 Å². The topological polar surface area (TPSA) is 54.9 Å². The number of allylic oxidation sites excluding steroid dienone is 2. The number of benzene rings is 1. The number of rotatable bonds is 3. The molecule has 0 spiro atoms. The van der Waals surface area contributed by atoms with Crippen LogP contribution in [0.5, 0.6) is 0 Å². The SMILES string of the molecule is CC.Cc1cc(C2CC2)c(CN2C=C3C=CC(C#N)=CC3N2)c2cc[nH]c12. The van der Waals surface area contributed by atoms with Gasteiger partial charge in [-0.2, -0.15) is 5.26 Å². The van der Waals surface area contributed by atoms with E-state index >= 15 is 0 Å². The van der Waals surface area contributed by atoms with Crippen molar-refractivity contribution in [2.45, 2.75) is 52.1 Å². The lowest BCUT2D eigenvalue weighted by molar-refractivity contribution is 0.280. The molecule has 5 rings (SSSR count). The zero-order valence-electron chi connectivity index (χ0n) is 16.2. The van der Waals surface area contributed by atoms with Gasteiger partial charge in [0, 0.05) is 28.9 Å². The van der Waals surface area contributed by atoms with Gasteiger partial charge >= 0.3 is 0 Å². The number of nitrogens with zero attached hydrogens (tertiary/aromatic N) is 2. The number of hydrazine groups is 1. The number of nitriles is 1. The highest BCUT2D eigenvalue weighted by Gasteiger charge is 2.30. The van der Waals surface area contributed by atoms with Crippen molar-refractivity contribution >= 4 is 10.9 Å². The third kappa shape index (κ3) is 3.20. The molecular formula is C23H26N4. The molecule has 1 saturated carbocycles. The molecular weight excluding hydrogens is 332 g/mol. The summed E-state index contributed by atoms with van der Waals surface area (Å²) in [4.78, 5) is 3.39. The zero-order valence-corrected chi connectivity index (χ0v) is 16.2. The number of fused-ring (bicyclic) bond motifs is 2. The van der Waals surface area contributed by atoms with Gasteiger partial charge in [-0.05, 0) is 66.2 Å². The van der Waals surface area contributed by atoms with Crippen LogP contribution in [0.2, 0.25) is 0 Å². The molecule has 1 aromatic carbocycles. The van der Waals surface area contributed by atoms with E-state index in [0.717, 1.165) is 18.0 Å². The molecule has 4 nitrogen and oxygen atoms in total. The molecule has 1 aliphatic heterocycles. The molecule has 1 fully saturated rings. The van der Waals surface area contributed by atoms with E-state index in [9.17, 15) is 0 Å². The molecule has 0 radical (unpaired) electrons. The van der Waals surface area contributed by atoms with Gasteiger partial charge in [-0.1, -0.05) is 26.0 Å². The first kappa shape index (κ1) is 17.6. The van der Waals surface area contributed by atoms with E-state index in [-0.39, 0.29) is 6.04 Å². The van der Waals surface area contributed by atoms with E-state index in [2.05, 4.69) is 46.7 Å². The van der Waals surface area contributed by atoms with Crippen molar-refractivity contribution in [3.05, 3.63) is 70.6 Å². The van der Waals surface area contributed by atoms with Crippen molar-refractivity contribution in [1.29, 1.82) is 5.26 Å². The molecule has 138 valence electrons. The third-order valence-corrected chi connectivity index (χ3v) is 5.43. The molecule has 1 aromatic heterocycles. The minimum Gasteiger partial charge on any atom is -0.361 e. The Bertz CT molecular complexity index is 995. The molecule has 1 atom stereocenters. The number of aromatic nitrogens is 1. The highest BCUT2D eigenvalue weighted by atomic mass is 15.5. The molecule has 2 heterocycles. The standard InChI is InChI=1S/C21H20N4.C2H6/c1-13-8-18(15-4-5-15)19(17-6-7-23-21(13)17)12-25-11-16-3-2-14(10-22)9-20(16)24-25;1-2/h2-3,6-9,11,15,20,23-24H,4-5,12H2,1H3;1-2H3. The van der Waals surface area contributed by atoms with Crippen molar-refractivity contribution in [2.75, 3.05) is 0 Å². The van der Waals surface area contributed by atoms with E-state index in [1.54, 1.807) is 0 Å². The predicted octanol–water partition coefficient (Wildman–Crippen LogP) is 4.97. The van der Waals surface area contributed by atoms with E-state index in [0.29, 0.717) is 0 Å². The van der Waals surface area contributed by atoms with Crippen LogP contribution in [0.1, 0.15) is 49.3 Å². The highest BCUT2D eigenvalue weighted by Crippen LogP contribution is 2.44. The van der Waals surface area contributed by atoms with Crippen LogP contribution in [0.4, 0.5) is 0 Å². The summed E-state index contributed by atoms with van der Waals surface area (Å²) in [7, 11) is 0. The fourth-order valence-corrected chi connectivity index (χ4v) is 4.02. The molecule has 1 unspecified atom stereocenters. The van der Waals surface area contributed by atoms with Gasteiger partial charge in [0.15, 0.2) is 0 Å². The molecule has 27 heavy (non-hydrogen) atoms. The Balaban J connectivity index is 0.000000872. The van der Waals surface area contributed by atoms with Gasteiger partial charge in [-0.3, -0.25) is 0 Å². The zero-order chi connectivity index (χ0) is 19.0. The van der Waals surface area contributed by atoms with Crippen molar-refractivity contribution in [3.8, 4) is 6.07 Å². The van der Waals surface area contributed by atoms with Gasteiger partial charge in [0.1, 0.15) is 0 Å². The average Bonchev–Trinajstić information content (AvgIpc) is 3.27. The van der Waals surface area contributed by atoms with Gasteiger partial charge in [0.25, 0.3) is 0 Å². The lowest BCUT2D eigenvalue weighted by Gasteiger charge is -2.22. The number of nitrogens with one attached hydrogen (secondary N) is 2. The third-order valence-electron chi connectivity index (χ3n) is 5.43. The lowest BCUT2D eigenvalue weighted by atomic mass is 9.96. The van der Waals surface area contributed by atoms with Crippen molar-refractivity contribution in [1.82, 2.24) is 15.4 Å². The Morgan fingerprint density at radius 2 is 2.07 bits per heavy atom. The van der Waals surface area contributed by atoms with Crippen LogP contribution >= 0.6 is 0 Å². The largest absolute Gasteiger partial charge is 0.361 e. The summed E-state index contributed by atoms with van der Waals surface area (Å²) in [5, 5.41) is 12.6. The number of hydrogen-bond acceptors (Lipinski definition) is 3. The van der Waals surface area contributed by atoms with Gasteiger partial charge in [0.2, 0.25) is 0 Å². The smallest absolute Gasteiger partial charge is 0.0988 e. The monoisotopic (exact) mass is 358 g/mol. The second-order valence-corrected chi connectivity index (χ2v) is 7.23. The minimum atomic E-state index is 0.108. The number of aryl methyl sites for hydroxylation is 1. The van der Waals surface area contributed by atoms with Crippen LogP contribution in [0.3, 0.4) is 0 Å². The van der Waals surface area contributed by atoms with Gasteiger partial charge < -0.3 is 9.99 Å². The Kier molecular flexibility index (Phi) is 4.63. The van der Waals surface area contributed by atoms with Crippen LogP contribution in [-0.2, 0) is 6.54 Å². The second kappa shape index (κ2) is 7.09. The lowest BCUT2D eigenvalue weighted by Crippen LogP contribution is -2.35. The van der Waals surface area contributed by atoms with Crippen LogP contribution < -0.4 is 5.43 Å². The second-order valence-electron chi connectivity index (χ2n) is 7.23. The Morgan fingerprint density at radius 1 is 1.26 bits per heavy atom. The van der Waals surface area contributed by atoms with Crippen LogP contribution in [0.25, 0.3) is 10.9 Å². The fraction of sp³-hybridized carbons (Fsp3) is 0.348. The fourth-order valence-electron chi connectivity index (χ4n) is 4.02. The maximum absolute atomic E-state index is 9.10. The molecule has 0 saturated heterocycles. The molecule has 3 aliphatic rings. The summed E-state index contributed by atoms with van der Waals surface area (Å²) in [6, 6.07) is 6.90. The summed E-state index contributed by atoms with van der Waals surface area (Å²) >= 11 is 0. The number of H-pyrrole nitrogens is 1. The first-order chi connectivity index (χ1) is 13.2. The van der Waals surface area contributed by atoms with Gasteiger partial charge in [-0.25, -0.2) is 5.43 Å². The van der Waals surface area contributed by atoms with Crippen LogP contribution in [0.15, 0.2) is 53.9 Å². The van der Waals surface area contributed by atoms with Gasteiger partial charge in [-0.15, -0.1) is 0 Å². The van der Waals surface area contributed by atoms with E-state index in [4.69, 9.17) is 5.26 Å². The average molecular weight is 358 g/mol. The molecule has 2 aromatic rings. The van der Waals surface area contributed by atoms with E-state index in [1.165, 1.54) is 46.0 Å². The van der Waals surface area contributed by atoms with Crippen molar-refractivity contribution in [2.24, 2.45) is 0 Å². The summed E-state index contributed by atoms with van der Waals surface area (Å²) in [6.07, 6.45) is 12.7. The molecule has 0 bridgehead atoms. The molecule has 2 N–H and O–H groups in total. The molecule has 0 amide bonds. The summed E-state index contributed by atoms with van der Waals surface area (Å²) < 4.78 is 0. The maximum atomic E-state index is 9.10. The van der Waals surface area contributed by atoms with Crippen LogP contribution in [-0.4, -0.2) is 16.0 Å². The summed E-state index contributed by atoms with van der Waals surface area (Å²) in [6.45, 7) is 7.03. The quantitative estimate of drug-likeness (QED) is 0.814. The first-order valence-corrected chi connectivity index (χ1v) is 9.87. The molecule has 4 heteroatoms. The Morgan fingerprint density at radius 3 is 2.81 bits per heavy atom. The maximum Gasteiger partial charge on any atom is 0.0988 e. The minimum absolute atomic E-state index is 0.108. The van der Waals surface area contributed by atoms with E-state index in [1.807, 2.05) is 38.3 Å². The summed E-state index contributed by atoms with van der Waals surface area (Å²) in [5.41, 5.74) is 10.9. The van der Waals surface area contributed by atoms with Crippen molar-refractivity contribution < 1.29 is 0 Å². The normalized spacial score (nSPS) is 20.5. The molecule has 2 aliphatic carbocycles. The number of hydrogen-bond donors (Lipinski definition) is 2. The predicted molar refractivity (Wildman–Crippen MR) is 110 cm³/mol. The van der Waals surface area contributed by atoms with E-state index < -0.39 is 0 Å². The Hall–Kier alpha value is -2.77.